The van der Waals surface area contributed by atoms with Crippen molar-refractivity contribution in [1.29, 1.82) is 0 Å². The summed E-state index contributed by atoms with van der Waals surface area (Å²) in [6.07, 6.45) is 0. The first kappa shape index (κ1) is 18.3. The van der Waals surface area contributed by atoms with Gasteiger partial charge in [-0.25, -0.2) is 4.39 Å². The van der Waals surface area contributed by atoms with Crippen LogP contribution in [0.1, 0.15) is 26.4 Å². The second kappa shape index (κ2) is 7.41. The smallest absolute Gasteiger partial charge is 0.257 e. The van der Waals surface area contributed by atoms with Crippen LogP contribution in [0.15, 0.2) is 42.5 Å². The number of anilines is 1. The number of pyridine rings is 1. The summed E-state index contributed by atoms with van der Waals surface area (Å²) in [5.41, 5.74) is 2.04. The van der Waals surface area contributed by atoms with Crippen molar-refractivity contribution >= 4 is 28.4 Å². The Balaban J connectivity index is 1.97. The van der Waals surface area contributed by atoms with Crippen LogP contribution in [0.5, 0.6) is 5.75 Å². The predicted molar refractivity (Wildman–Crippen MR) is 101 cm³/mol. The Kier molecular flexibility index (Phi) is 5.03. The number of nitrogens with zero attached hydrogens (tertiary/aromatic N) is 1. The lowest BCUT2D eigenvalue weighted by atomic mass is 10.1. The molecule has 0 saturated carbocycles. The van der Waals surface area contributed by atoms with E-state index in [-0.39, 0.29) is 11.7 Å². The molecular formula is C20H18FN3O3. The largest absolute Gasteiger partial charge is 0.495 e. The van der Waals surface area contributed by atoms with Crippen LogP contribution in [0.25, 0.3) is 10.9 Å². The molecule has 0 radical (unpaired) electrons. The summed E-state index contributed by atoms with van der Waals surface area (Å²) < 4.78 is 18.6. The zero-order valence-corrected chi connectivity index (χ0v) is 15.1. The molecule has 0 aliphatic carbocycles. The lowest BCUT2D eigenvalue weighted by molar-refractivity contribution is 0.0961. The van der Waals surface area contributed by atoms with Crippen molar-refractivity contribution in [3.05, 3.63) is 65.1 Å². The molecule has 0 atom stereocenters. The number of amides is 2. The van der Waals surface area contributed by atoms with Crippen molar-refractivity contribution in [2.75, 3.05) is 19.5 Å². The van der Waals surface area contributed by atoms with Gasteiger partial charge in [0.15, 0.2) is 0 Å². The van der Waals surface area contributed by atoms with Gasteiger partial charge in [-0.2, -0.15) is 0 Å². The van der Waals surface area contributed by atoms with Gasteiger partial charge in [0, 0.05) is 24.1 Å². The van der Waals surface area contributed by atoms with Crippen LogP contribution < -0.4 is 15.4 Å². The maximum atomic E-state index is 13.4. The van der Waals surface area contributed by atoms with E-state index in [2.05, 4.69) is 15.6 Å². The minimum absolute atomic E-state index is 0.279. The Labute approximate surface area is 155 Å². The normalized spacial score (nSPS) is 10.5. The quantitative estimate of drug-likeness (QED) is 0.741. The highest BCUT2D eigenvalue weighted by Gasteiger charge is 2.16. The van der Waals surface area contributed by atoms with Crippen LogP contribution >= 0.6 is 0 Å². The zero-order valence-electron chi connectivity index (χ0n) is 15.1. The SMILES string of the molecule is CNC(=O)c1ccc(OC)c(NC(=O)c2cc3ccc(F)cc3nc2C)c1. The Morgan fingerprint density at radius 1 is 1.07 bits per heavy atom. The highest BCUT2D eigenvalue weighted by Crippen LogP contribution is 2.27. The lowest BCUT2D eigenvalue weighted by Crippen LogP contribution is -2.19. The molecule has 2 aromatic carbocycles. The number of aromatic nitrogens is 1. The van der Waals surface area contributed by atoms with Gasteiger partial charge in [0.2, 0.25) is 0 Å². The van der Waals surface area contributed by atoms with E-state index in [0.717, 1.165) is 0 Å². The van der Waals surface area contributed by atoms with Gasteiger partial charge < -0.3 is 15.4 Å². The maximum Gasteiger partial charge on any atom is 0.257 e. The lowest BCUT2D eigenvalue weighted by Gasteiger charge is -2.13. The molecule has 0 bridgehead atoms. The van der Waals surface area contributed by atoms with Crippen LogP contribution in [0.3, 0.4) is 0 Å². The van der Waals surface area contributed by atoms with Crippen LogP contribution in [-0.4, -0.2) is 31.0 Å². The summed E-state index contributed by atoms with van der Waals surface area (Å²) in [6.45, 7) is 1.68. The number of methoxy groups -OCH3 is 1. The van der Waals surface area contributed by atoms with E-state index >= 15 is 0 Å². The average molecular weight is 367 g/mol. The maximum absolute atomic E-state index is 13.4. The summed E-state index contributed by atoms with van der Waals surface area (Å²) in [5.74, 6) is -0.649. The van der Waals surface area contributed by atoms with E-state index in [1.807, 2.05) is 0 Å². The topological polar surface area (TPSA) is 80.3 Å². The number of carbonyl (C=O) groups excluding carboxylic acids is 2. The number of rotatable bonds is 4. The molecule has 27 heavy (non-hydrogen) atoms. The first-order chi connectivity index (χ1) is 12.9. The van der Waals surface area contributed by atoms with Crippen LogP contribution in [0, 0.1) is 12.7 Å². The van der Waals surface area contributed by atoms with Crippen molar-refractivity contribution in [2.24, 2.45) is 0 Å². The van der Waals surface area contributed by atoms with E-state index in [1.165, 1.54) is 32.4 Å². The highest BCUT2D eigenvalue weighted by molar-refractivity contribution is 6.08. The van der Waals surface area contributed by atoms with Crippen LogP contribution in [-0.2, 0) is 0 Å². The number of benzene rings is 2. The zero-order chi connectivity index (χ0) is 19.6. The van der Waals surface area contributed by atoms with Crippen molar-refractivity contribution in [1.82, 2.24) is 10.3 Å². The average Bonchev–Trinajstić information content (AvgIpc) is 2.66. The first-order valence-corrected chi connectivity index (χ1v) is 8.21. The summed E-state index contributed by atoms with van der Waals surface area (Å²) in [5, 5.41) is 5.94. The number of carbonyl (C=O) groups is 2. The molecule has 0 aliphatic rings. The molecular weight excluding hydrogens is 349 g/mol. The fourth-order valence-corrected chi connectivity index (χ4v) is 2.75. The van der Waals surface area contributed by atoms with Gasteiger partial charge in [-0.15, -0.1) is 0 Å². The molecule has 1 heterocycles. The highest BCUT2D eigenvalue weighted by atomic mass is 19.1. The van der Waals surface area contributed by atoms with Gasteiger partial charge in [0.1, 0.15) is 11.6 Å². The molecule has 6 nitrogen and oxygen atoms in total. The third-order valence-corrected chi connectivity index (χ3v) is 4.15. The number of hydrogen-bond donors (Lipinski definition) is 2. The van der Waals surface area contributed by atoms with E-state index in [1.54, 1.807) is 31.2 Å². The molecule has 0 fully saturated rings. The molecule has 3 aromatic rings. The fraction of sp³-hybridized carbons (Fsp3) is 0.150. The Hall–Kier alpha value is -3.48. The monoisotopic (exact) mass is 367 g/mol. The molecule has 7 heteroatoms. The number of nitrogens with one attached hydrogen (secondary N) is 2. The summed E-state index contributed by atoms with van der Waals surface area (Å²) in [6, 6.07) is 10.6. The van der Waals surface area contributed by atoms with Crippen LogP contribution in [0.2, 0.25) is 0 Å². The molecule has 2 amide bonds. The third kappa shape index (κ3) is 3.72. The predicted octanol–water partition coefficient (Wildman–Crippen LogP) is 3.30. The molecule has 0 unspecified atom stereocenters. The van der Waals surface area contributed by atoms with Crippen molar-refractivity contribution in [2.45, 2.75) is 6.92 Å². The molecule has 3 rings (SSSR count). The minimum atomic E-state index is -0.404. The van der Waals surface area contributed by atoms with Gasteiger partial charge in [0.25, 0.3) is 11.8 Å². The van der Waals surface area contributed by atoms with Crippen LogP contribution in [0.4, 0.5) is 10.1 Å². The second-order valence-electron chi connectivity index (χ2n) is 5.91. The number of halogens is 1. The van der Waals surface area contributed by atoms with Crippen molar-refractivity contribution in [3.8, 4) is 5.75 Å². The van der Waals surface area contributed by atoms with Gasteiger partial charge in [-0.1, -0.05) is 0 Å². The molecule has 2 N–H and O–H groups in total. The Morgan fingerprint density at radius 2 is 1.85 bits per heavy atom. The standard InChI is InChI=1S/C20H18FN3O3/c1-11-15(8-12-4-6-14(21)10-16(12)23-11)20(26)24-17-9-13(19(25)22-2)5-7-18(17)27-3/h4-10H,1-3H3,(H,22,25)(H,24,26). The number of fused-ring (bicyclic) bond motifs is 1. The third-order valence-electron chi connectivity index (χ3n) is 4.15. The molecule has 1 aromatic heterocycles. The summed E-state index contributed by atoms with van der Waals surface area (Å²) in [4.78, 5) is 28.9. The minimum Gasteiger partial charge on any atom is -0.495 e. The summed E-state index contributed by atoms with van der Waals surface area (Å²) >= 11 is 0. The van der Waals surface area contributed by atoms with Gasteiger partial charge in [-0.3, -0.25) is 14.6 Å². The molecule has 0 aliphatic heterocycles. The van der Waals surface area contributed by atoms with Gasteiger partial charge >= 0.3 is 0 Å². The van der Waals surface area contributed by atoms with E-state index in [0.29, 0.717) is 39.2 Å². The van der Waals surface area contributed by atoms with Gasteiger partial charge in [0.05, 0.1) is 29.6 Å². The first-order valence-electron chi connectivity index (χ1n) is 8.21. The Morgan fingerprint density at radius 3 is 2.56 bits per heavy atom. The molecule has 0 spiro atoms. The Bertz CT molecular complexity index is 1050. The van der Waals surface area contributed by atoms with Crippen molar-refractivity contribution in [3.63, 3.8) is 0 Å². The molecule has 138 valence electrons. The van der Waals surface area contributed by atoms with E-state index in [4.69, 9.17) is 4.74 Å². The molecule has 0 saturated heterocycles. The second-order valence-corrected chi connectivity index (χ2v) is 5.91. The summed E-state index contributed by atoms with van der Waals surface area (Å²) in [7, 11) is 3.00. The van der Waals surface area contributed by atoms with Gasteiger partial charge in [-0.05, 0) is 43.3 Å². The number of ether oxygens (including phenoxy) is 1. The number of aryl methyl sites for hydroxylation is 1. The number of hydrogen-bond acceptors (Lipinski definition) is 4. The van der Waals surface area contributed by atoms with E-state index in [9.17, 15) is 14.0 Å². The fourth-order valence-electron chi connectivity index (χ4n) is 2.75. The van der Waals surface area contributed by atoms with E-state index < -0.39 is 5.91 Å². The van der Waals surface area contributed by atoms with Crippen molar-refractivity contribution < 1.29 is 18.7 Å².